The normalized spacial score (nSPS) is 11.2. The molecule has 0 spiro atoms. The zero-order valence-electron chi connectivity index (χ0n) is 18.3. The number of hydrogen-bond acceptors (Lipinski definition) is 4. The maximum atomic E-state index is 12.6. The smallest absolute Gasteiger partial charge is 0.189 e. The predicted octanol–water partition coefficient (Wildman–Crippen LogP) is 5.92. The van der Waals surface area contributed by atoms with E-state index in [1.165, 1.54) is 0 Å². The van der Waals surface area contributed by atoms with Crippen molar-refractivity contribution in [3.05, 3.63) is 113 Å². The summed E-state index contributed by atoms with van der Waals surface area (Å²) >= 11 is 0. The number of allylic oxidation sites excluding steroid dienone is 1. The molecule has 0 heterocycles. The van der Waals surface area contributed by atoms with Crippen molar-refractivity contribution in [2.75, 3.05) is 19.8 Å². The number of aryl methyl sites for hydroxylation is 1. The molecule has 4 nitrogen and oxygen atoms in total. The summed E-state index contributed by atoms with van der Waals surface area (Å²) in [5.74, 6) is 0.437. The third kappa shape index (κ3) is 7.33. The Morgan fingerprint density at radius 3 is 1.97 bits per heavy atom. The van der Waals surface area contributed by atoms with Crippen LogP contribution in [0.15, 0.2) is 91.0 Å². The van der Waals surface area contributed by atoms with Gasteiger partial charge in [-0.15, -0.1) is 0 Å². The van der Waals surface area contributed by atoms with Crippen molar-refractivity contribution in [1.82, 2.24) is 0 Å². The maximum absolute atomic E-state index is 12.6. The standard InChI is InChI=1S/C28H28O4/c1-22-14-16-24(17-15-22)27(30)21-31-18-8-9-19-32-28(25-12-6-3-7-13-25)20-26(29)23-10-4-2-5-11-23/h2-7,10-17,20H,8-9,18-19,21H2,1H3/b28-20+. The Morgan fingerprint density at radius 2 is 1.31 bits per heavy atom. The molecule has 0 bridgehead atoms. The van der Waals surface area contributed by atoms with Crippen molar-refractivity contribution < 1.29 is 19.1 Å². The molecule has 0 aliphatic rings. The highest BCUT2D eigenvalue weighted by Crippen LogP contribution is 2.18. The summed E-state index contributed by atoms with van der Waals surface area (Å²) in [5.41, 5.74) is 3.27. The Hall–Kier alpha value is -3.50. The number of benzene rings is 3. The molecule has 0 saturated carbocycles. The Labute approximate surface area is 189 Å². The van der Waals surface area contributed by atoms with Crippen LogP contribution in [0.25, 0.3) is 5.76 Å². The van der Waals surface area contributed by atoms with Gasteiger partial charge in [0, 0.05) is 29.4 Å². The lowest BCUT2D eigenvalue weighted by Gasteiger charge is -2.11. The molecular weight excluding hydrogens is 400 g/mol. The van der Waals surface area contributed by atoms with Crippen LogP contribution in [0, 0.1) is 6.92 Å². The monoisotopic (exact) mass is 428 g/mol. The van der Waals surface area contributed by atoms with Crippen LogP contribution in [-0.2, 0) is 9.47 Å². The Balaban J connectivity index is 1.45. The topological polar surface area (TPSA) is 52.6 Å². The Bertz CT molecular complexity index is 1020. The molecule has 0 aromatic heterocycles. The molecule has 0 aliphatic heterocycles. The number of unbranched alkanes of at least 4 members (excludes halogenated alkanes) is 1. The van der Waals surface area contributed by atoms with Gasteiger partial charge in [-0.1, -0.05) is 90.5 Å². The lowest BCUT2D eigenvalue weighted by Crippen LogP contribution is -2.10. The van der Waals surface area contributed by atoms with E-state index in [0.717, 1.165) is 24.0 Å². The van der Waals surface area contributed by atoms with Gasteiger partial charge in [0.25, 0.3) is 0 Å². The van der Waals surface area contributed by atoms with E-state index in [9.17, 15) is 9.59 Å². The Kier molecular flexibility index (Phi) is 8.96. The second kappa shape index (κ2) is 12.4. The van der Waals surface area contributed by atoms with Gasteiger partial charge in [0.15, 0.2) is 11.6 Å². The summed E-state index contributed by atoms with van der Waals surface area (Å²) in [6.07, 6.45) is 3.06. The van der Waals surface area contributed by atoms with Gasteiger partial charge in [-0.05, 0) is 19.8 Å². The second-order valence-corrected chi connectivity index (χ2v) is 7.50. The van der Waals surface area contributed by atoms with E-state index in [4.69, 9.17) is 9.47 Å². The summed E-state index contributed by atoms with van der Waals surface area (Å²) in [5, 5.41) is 0. The van der Waals surface area contributed by atoms with E-state index in [-0.39, 0.29) is 18.2 Å². The molecule has 0 N–H and O–H groups in total. The van der Waals surface area contributed by atoms with Gasteiger partial charge in [0.1, 0.15) is 12.4 Å². The molecule has 0 radical (unpaired) electrons. The van der Waals surface area contributed by atoms with E-state index >= 15 is 0 Å². The third-order valence-corrected chi connectivity index (χ3v) is 4.93. The first-order valence-corrected chi connectivity index (χ1v) is 10.8. The first kappa shape index (κ1) is 23.2. The van der Waals surface area contributed by atoms with Crippen molar-refractivity contribution in [3.63, 3.8) is 0 Å². The number of ketones is 2. The summed E-state index contributed by atoms with van der Waals surface area (Å²) in [4.78, 5) is 24.7. The van der Waals surface area contributed by atoms with Crippen LogP contribution >= 0.6 is 0 Å². The quantitative estimate of drug-likeness (QED) is 0.156. The van der Waals surface area contributed by atoms with Gasteiger partial charge in [-0.25, -0.2) is 0 Å². The van der Waals surface area contributed by atoms with Gasteiger partial charge >= 0.3 is 0 Å². The molecule has 3 aromatic rings. The fourth-order valence-corrected chi connectivity index (χ4v) is 3.09. The fourth-order valence-electron chi connectivity index (χ4n) is 3.09. The summed E-state index contributed by atoms with van der Waals surface area (Å²) in [6, 6.07) is 26.2. The highest BCUT2D eigenvalue weighted by Gasteiger charge is 2.09. The molecule has 164 valence electrons. The minimum Gasteiger partial charge on any atom is -0.493 e. The van der Waals surface area contributed by atoms with Gasteiger partial charge < -0.3 is 9.47 Å². The number of Topliss-reactive ketones (excluding diaryl/α,β-unsaturated/α-hetero) is 1. The van der Waals surface area contributed by atoms with Gasteiger partial charge in [-0.2, -0.15) is 0 Å². The maximum Gasteiger partial charge on any atom is 0.189 e. The molecule has 0 unspecified atom stereocenters. The minimum absolute atomic E-state index is 0.0185. The van der Waals surface area contributed by atoms with Crippen LogP contribution in [0.5, 0.6) is 0 Å². The van der Waals surface area contributed by atoms with Gasteiger partial charge in [0.05, 0.1) is 6.61 Å². The molecule has 32 heavy (non-hydrogen) atoms. The molecule has 0 atom stereocenters. The SMILES string of the molecule is Cc1ccc(C(=O)COCCCCO/C(=C/C(=O)c2ccccc2)c2ccccc2)cc1. The predicted molar refractivity (Wildman–Crippen MR) is 127 cm³/mol. The highest BCUT2D eigenvalue weighted by atomic mass is 16.5. The second-order valence-electron chi connectivity index (χ2n) is 7.50. The van der Waals surface area contributed by atoms with E-state index in [2.05, 4.69) is 0 Å². The molecule has 4 heteroatoms. The largest absolute Gasteiger partial charge is 0.493 e. The van der Waals surface area contributed by atoms with Gasteiger partial charge in [-0.3, -0.25) is 9.59 Å². The minimum atomic E-state index is -0.0950. The summed E-state index contributed by atoms with van der Waals surface area (Å²) in [7, 11) is 0. The van der Waals surface area contributed by atoms with Crippen molar-refractivity contribution >= 4 is 17.3 Å². The fraction of sp³-hybridized carbons (Fsp3) is 0.214. The molecular formula is C28H28O4. The lowest BCUT2D eigenvalue weighted by atomic mass is 10.1. The molecule has 0 aliphatic carbocycles. The molecule has 0 fully saturated rings. The zero-order chi connectivity index (χ0) is 22.6. The van der Waals surface area contributed by atoms with Crippen LogP contribution < -0.4 is 0 Å². The number of rotatable bonds is 12. The third-order valence-electron chi connectivity index (χ3n) is 4.93. The molecule has 3 aromatic carbocycles. The van der Waals surface area contributed by atoms with Crippen LogP contribution in [0.4, 0.5) is 0 Å². The average molecular weight is 429 g/mol. The van der Waals surface area contributed by atoms with Gasteiger partial charge in [0.2, 0.25) is 0 Å². The molecule has 0 saturated heterocycles. The number of carbonyl (C=O) groups excluding carboxylic acids is 2. The highest BCUT2D eigenvalue weighted by molar-refractivity contribution is 6.07. The van der Waals surface area contributed by atoms with Crippen LogP contribution in [0.1, 0.15) is 44.7 Å². The van der Waals surface area contributed by atoms with Crippen molar-refractivity contribution in [1.29, 1.82) is 0 Å². The molecule has 3 rings (SSSR count). The zero-order valence-corrected chi connectivity index (χ0v) is 18.3. The van der Waals surface area contributed by atoms with E-state index in [1.807, 2.05) is 79.7 Å². The van der Waals surface area contributed by atoms with E-state index < -0.39 is 0 Å². The van der Waals surface area contributed by atoms with Crippen LogP contribution in [0.3, 0.4) is 0 Å². The van der Waals surface area contributed by atoms with Crippen LogP contribution in [-0.4, -0.2) is 31.4 Å². The van der Waals surface area contributed by atoms with Crippen LogP contribution in [0.2, 0.25) is 0 Å². The summed E-state index contributed by atoms with van der Waals surface area (Å²) in [6.45, 7) is 3.00. The van der Waals surface area contributed by atoms with E-state index in [0.29, 0.717) is 30.1 Å². The summed E-state index contributed by atoms with van der Waals surface area (Å²) < 4.78 is 11.5. The van der Waals surface area contributed by atoms with Crippen molar-refractivity contribution in [3.8, 4) is 0 Å². The first-order chi connectivity index (χ1) is 15.6. The average Bonchev–Trinajstić information content (AvgIpc) is 2.84. The van der Waals surface area contributed by atoms with Crippen molar-refractivity contribution in [2.24, 2.45) is 0 Å². The lowest BCUT2D eigenvalue weighted by molar-refractivity contribution is 0.0746. The Morgan fingerprint density at radius 1 is 0.719 bits per heavy atom. The molecule has 0 amide bonds. The first-order valence-electron chi connectivity index (χ1n) is 10.8. The number of ether oxygens (including phenoxy) is 2. The van der Waals surface area contributed by atoms with E-state index in [1.54, 1.807) is 18.2 Å². The number of hydrogen-bond donors (Lipinski definition) is 0. The van der Waals surface area contributed by atoms with Crippen molar-refractivity contribution in [2.45, 2.75) is 19.8 Å². The number of carbonyl (C=O) groups is 2.